The smallest absolute Gasteiger partial charge is 0.344 e. The summed E-state index contributed by atoms with van der Waals surface area (Å²) in [5.74, 6) is -0.381. The molecular weight excluding hydrogens is 328 g/mol. The minimum absolute atomic E-state index is 0.147. The van der Waals surface area contributed by atoms with Crippen molar-refractivity contribution in [1.29, 1.82) is 0 Å². The van der Waals surface area contributed by atoms with E-state index in [-0.39, 0.29) is 23.5 Å². The first kappa shape index (κ1) is 16.1. The number of pyridine rings is 1. The van der Waals surface area contributed by atoms with Gasteiger partial charge in [0.15, 0.2) is 0 Å². The Morgan fingerprint density at radius 2 is 2.17 bits per heavy atom. The number of H-pyrrole nitrogens is 1. The van der Waals surface area contributed by atoms with Crippen molar-refractivity contribution in [1.82, 2.24) is 14.8 Å². The highest BCUT2D eigenvalue weighted by Crippen LogP contribution is 2.29. The molecule has 0 saturated carbocycles. The normalized spacial score (nSPS) is 10.9. The molecule has 0 aliphatic rings. The fourth-order valence-corrected chi connectivity index (χ4v) is 3.05. The van der Waals surface area contributed by atoms with Crippen LogP contribution in [0.1, 0.15) is 17.3 Å². The maximum Gasteiger partial charge on any atom is 0.344 e. The van der Waals surface area contributed by atoms with E-state index in [1.165, 1.54) is 22.5 Å². The topological polar surface area (TPSA) is 103 Å². The number of ether oxygens (including phenoxy) is 1. The van der Waals surface area contributed by atoms with Crippen LogP contribution in [-0.2, 0) is 4.74 Å². The Bertz CT molecular complexity index is 977. The van der Waals surface area contributed by atoms with Crippen LogP contribution in [0.4, 0.5) is 5.82 Å². The third-order valence-electron chi connectivity index (χ3n) is 3.52. The van der Waals surface area contributed by atoms with Crippen molar-refractivity contribution in [2.45, 2.75) is 11.9 Å². The molecule has 7 nitrogen and oxygen atoms in total. The zero-order valence-electron chi connectivity index (χ0n) is 13.2. The molecule has 0 atom stereocenters. The summed E-state index contributed by atoms with van der Waals surface area (Å²) >= 11 is 1.29. The lowest BCUT2D eigenvalue weighted by molar-refractivity contribution is 0.0523. The summed E-state index contributed by atoms with van der Waals surface area (Å²) in [7, 11) is 0. The number of thioether (sulfide) groups is 1. The lowest BCUT2D eigenvalue weighted by Crippen LogP contribution is -2.12. The summed E-state index contributed by atoms with van der Waals surface area (Å²) in [6.45, 7) is 1.97. The lowest BCUT2D eigenvalue weighted by Gasteiger charge is -2.08. The van der Waals surface area contributed by atoms with E-state index in [4.69, 9.17) is 10.5 Å². The molecule has 0 unspecified atom stereocenters. The maximum absolute atomic E-state index is 12.2. The predicted molar refractivity (Wildman–Crippen MR) is 93.8 cm³/mol. The second-order valence-corrected chi connectivity index (χ2v) is 5.76. The summed E-state index contributed by atoms with van der Waals surface area (Å²) in [6, 6.07) is 8.73. The number of nitrogens with two attached hydrogens (primary N) is 1. The number of rotatable bonds is 4. The number of aromatic nitrogens is 3. The van der Waals surface area contributed by atoms with Crippen LogP contribution < -0.4 is 11.3 Å². The van der Waals surface area contributed by atoms with Gasteiger partial charge >= 0.3 is 5.97 Å². The highest BCUT2D eigenvalue weighted by atomic mass is 32.2. The number of nitrogen functional groups attached to an aromatic ring is 1. The average molecular weight is 344 g/mol. The van der Waals surface area contributed by atoms with E-state index < -0.39 is 5.97 Å². The first-order valence-electron chi connectivity index (χ1n) is 7.28. The van der Waals surface area contributed by atoms with Gasteiger partial charge in [0.25, 0.3) is 5.56 Å². The maximum atomic E-state index is 12.2. The number of fused-ring (bicyclic) bond motifs is 1. The molecule has 24 heavy (non-hydrogen) atoms. The number of hydrogen-bond donors (Lipinski definition) is 2. The molecule has 3 aromatic rings. The number of carbonyl (C=O) groups excluding carboxylic acids is 1. The average Bonchev–Trinajstić information content (AvgIpc) is 2.90. The molecule has 0 spiro atoms. The number of anilines is 1. The van der Waals surface area contributed by atoms with E-state index in [0.29, 0.717) is 16.2 Å². The van der Waals surface area contributed by atoms with E-state index in [1.54, 1.807) is 19.2 Å². The molecule has 0 fully saturated rings. The van der Waals surface area contributed by atoms with Gasteiger partial charge in [-0.1, -0.05) is 18.2 Å². The summed E-state index contributed by atoms with van der Waals surface area (Å²) in [5, 5.41) is 5.62. The third kappa shape index (κ3) is 2.65. The highest BCUT2D eigenvalue weighted by molar-refractivity contribution is 7.98. The highest BCUT2D eigenvalue weighted by Gasteiger charge is 2.24. The van der Waals surface area contributed by atoms with Gasteiger partial charge in [-0.2, -0.15) is 5.10 Å². The minimum Gasteiger partial charge on any atom is -0.462 e. The number of carbonyl (C=O) groups is 1. The van der Waals surface area contributed by atoms with E-state index in [1.807, 2.05) is 18.2 Å². The van der Waals surface area contributed by atoms with Crippen molar-refractivity contribution in [3.05, 3.63) is 46.2 Å². The second kappa shape index (κ2) is 6.40. The molecule has 3 N–H and O–H groups in total. The van der Waals surface area contributed by atoms with Crippen LogP contribution in [0.2, 0.25) is 0 Å². The Labute approximate surface area is 141 Å². The Hall–Kier alpha value is -2.74. The standard InChI is InChI=1S/C16H16N4O3S/c1-3-23-16(22)13-14(17)20(19-15(13)24-2)11-8-12(21)18-10-7-5-4-6-9(10)11/h4-8H,3,17H2,1-2H3,(H,18,21). The molecular formula is C16H16N4O3S. The number of para-hydroxylation sites is 1. The van der Waals surface area contributed by atoms with Gasteiger partial charge in [0.05, 0.1) is 17.8 Å². The number of hydrogen-bond acceptors (Lipinski definition) is 6. The van der Waals surface area contributed by atoms with Crippen LogP contribution in [0.5, 0.6) is 0 Å². The van der Waals surface area contributed by atoms with Crippen molar-refractivity contribution < 1.29 is 9.53 Å². The van der Waals surface area contributed by atoms with E-state index in [2.05, 4.69) is 10.1 Å². The Morgan fingerprint density at radius 3 is 2.88 bits per heavy atom. The second-order valence-electron chi connectivity index (χ2n) is 4.97. The van der Waals surface area contributed by atoms with E-state index >= 15 is 0 Å². The Balaban J connectivity index is 2.28. The van der Waals surface area contributed by atoms with Gasteiger partial charge < -0.3 is 15.5 Å². The Morgan fingerprint density at radius 1 is 1.42 bits per heavy atom. The quantitative estimate of drug-likeness (QED) is 0.555. The third-order valence-corrected chi connectivity index (χ3v) is 4.19. The fraction of sp³-hybridized carbons (Fsp3) is 0.188. The predicted octanol–water partition coefficient (Wildman–Crippen LogP) is 2.19. The van der Waals surface area contributed by atoms with Crippen molar-refractivity contribution in [3.63, 3.8) is 0 Å². The number of nitrogens with one attached hydrogen (secondary N) is 1. The van der Waals surface area contributed by atoms with Gasteiger partial charge in [0, 0.05) is 11.5 Å². The molecule has 124 valence electrons. The first-order chi connectivity index (χ1) is 11.6. The number of benzene rings is 1. The lowest BCUT2D eigenvalue weighted by atomic mass is 10.2. The van der Waals surface area contributed by atoms with Crippen molar-refractivity contribution in [2.75, 3.05) is 18.6 Å². The molecule has 2 aromatic heterocycles. The zero-order chi connectivity index (χ0) is 17.3. The summed E-state index contributed by atoms with van der Waals surface area (Å²) in [6.07, 6.45) is 1.80. The van der Waals surface area contributed by atoms with Crippen molar-refractivity contribution in [3.8, 4) is 5.69 Å². The Kier molecular flexibility index (Phi) is 4.30. The number of esters is 1. The van der Waals surface area contributed by atoms with Gasteiger partial charge in [-0.3, -0.25) is 4.79 Å². The molecule has 8 heteroatoms. The summed E-state index contributed by atoms with van der Waals surface area (Å²) in [4.78, 5) is 26.9. The largest absolute Gasteiger partial charge is 0.462 e. The summed E-state index contributed by atoms with van der Waals surface area (Å²) in [5.41, 5.74) is 7.28. The van der Waals surface area contributed by atoms with Crippen molar-refractivity contribution >= 4 is 34.5 Å². The molecule has 3 rings (SSSR count). The monoisotopic (exact) mass is 344 g/mol. The van der Waals surface area contributed by atoms with E-state index in [0.717, 1.165) is 5.39 Å². The molecule has 0 saturated heterocycles. The van der Waals surface area contributed by atoms with E-state index in [9.17, 15) is 9.59 Å². The molecule has 0 aliphatic carbocycles. The van der Waals surface area contributed by atoms with Crippen LogP contribution >= 0.6 is 11.8 Å². The number of aromatic amines is 1. The number of nitrogens with zero attached hydrogens (tertiary/aromatic N) is 2. The van der Waals surface area contributed by atoms with Crippen LogP contribution in [-0.4, -0.2) is 33.6 Å². The molecule has 0 amide bonds. The van der Waals surface area contributed by atoms with Crippen molar-refractivity contribution in [2.24, 2.45) is 0 Å². The fourth-order valence-electron chi connectivity index (χ4n) is 2.49. The van der Waals surface area contributed by atoms with Gasteiger partial charge in [0.2, 0.25) is 0 Å². The first-order valence-corrected chi connectivity index (χ1v) is 8.51. The molecule has 0 bridgehead atoms. The molecule has 0 aliphatic heterocycles. The van der Waals surface area contributed by atoms with Crippen LogP contribution in [0.3, 0.4) is 0 Å². The van der Waals surface area contributed by atoms with Gasteiger partial charge in [-0.25, -0.2) is 9.48 Å². The van der Waals surface area contributed by atoms with Crippen LogP contribution in [0, 0.1) is 0 Å². The zero-order valence-corrected chi connectivity index (χ0v) is 14.0. The van der Waals surface area contributed by atoms with Crippen LogP contribution in [0.15, 0.2) is 40.2 Å². The van der Waals surface area contributed by atoms with Gasteiger partial charge in [-0.05, 0) is 19.2 Å². The van der Waals surface area contributed by atoms with Crippen LogP contribution in [0.25, 0.3) is 16.6 Å². The summed E-state index contributed by atoms with van der Waals surface area (Å²) < 4.78 is 6.47. The SMILES string of the molecule is CCOC(=O)c1c(SC)nn(-c2cc(=O)[nH]c3ccccc23)c1N. The molecule has 2 heterocycles. The van der Waals surface area contributed by atoms with Gasteiger partial charge in [-0.15, -0.1) is 11.8 Å². The molecule has 1 aromatic carbocycles. The molecule has 0 radical (unpaired) electrons. The van der Waals surface area contributed by atoms with Gasteiger partial charge in [0.1, 0.15) is 16.4 Å². The minimum atomic E-state index is -0.528.